The summed E-state index contributed by atoms with van der Waals surface area (Å²) < 4.78 is 0. The summed E-state index contributed by atoms with van der Waals surface area (Å²) in [5.41, 5.74) is 0.944. The van der Waals surface area contributed by atoms with Crippen molar-refractivity contribution in [1.82, 2.24) is 20.2 Å². The monoisotopic (exact) mass is 310 g/mol. The predicted octanol–water partition coefficient (Wildman–Crippen LogP) is 0.900. The van der Waals surface area contributed by atoms with Crippen molar-refractivity contribution in [1.29, 1.82) is 0 Å². The summed E-state index contributed by atoms with van der Waals surface area (Å²) in [4.78, 5) is 32.1. The number of aromatic amines is 1. The number of carbonyl (C=O) groups excluding carboxylic acids is 1. The second kappa shape index (κ2) is 5.97. The minimum absolute atomic E-state index is 0.0123. The van der Waals surface area contributed by atoms with E-state index in [1.807, 2.05) is 0 Å². The van der Waals surface area contributed by atoms with Gasteiger partial charge < -0.3 is 15.4 Å². The molecular formula is C13H18N4O3S. The number of rotatable bonds is 5. The number of imidazole rings is 1. The topological polar surface area (TPSA) is 98.3 Å². The summed E-state index contributed by atoms with van der Waals surface area (Å²) in [6.45, 7) is 0.464. The highest BCUT2D eigenvalue weighted by atomic mass is 32.2. The Kier molecular flexibility index (Phi) is 4.05. The van der Waals surface area contributed by atoms with Crippen LogP contribution >= 0.6 is 11.8 Å². The summed E-state index contributed by atoms with van der Waals surface area (Å²) >= 11 is 1.59. The van der Waals surface area contributed by atoms with Crippen molar-refractivity contribution in [2.24, 2.45) is 5.92 Å². The number of amides is 2. The van der Waals surface area contributed by atoms with Crippen molar-refractivity contribution < 1.29 is 14.7 Å². The van der Waals surface area contributed by atoms with E-state index in [9.17, 15) is 14.7 Å². The highest BCUT2D eigenvalue weighted by Gasteiger charge is 2.47. The highest BCUT2D eigenvalue weighted by Crippen LogP contribution is 2.45. The number of carboxylic acid groups (broad SMARTS) is 1. The molecule has 3 N–H and O–H groups in total. The van der Waals surface area contributed by atoms with Crippen LogP contribution in [0.4, 0.5) is 4.79 Å². The van der Waals surface area contributed by atoms with Crippen LogP contribution in [-0.2, 0) is 11.2 Å². The molecule has 1 aromatic rings. The zero-order valence-electron chi connectivity index (χ0n) is 11.5. The average Bonchev–Trinajstić information content (AvgIpc) is 3.00. The maximum atomic E-state index is 12.3. The minimum atomic E-state index is -0.922. The third-order valence-corrected chi connectivity index (χ3v) is 5.27. The number of hydrogen-bond donors (Lipinski definition) is 3. The van der Waals surface area contributed by atoms with Gasteiger partial charge in [-0.15, -0.1) is 11.8 Å². The van der Waals surface area contributed by atoms with Gasteiger partial charge in [-0.1, -0.05) is 0 Å². The van der Waals surface area contributed by atoms with Gasteiger partial charge in [0, 0.05) is 30.6 Å². The van der Waals surface area contributed by atoms with Crippen LogP contribution in [0, 0.1) is 5.92 Å². The zero-order chi connectivity index (χ0) is 14.8. The summed E-state index contributed by atoms with van der Waals surface area (Å²) in [7, 11) is 0. The van der Waals surface area contributed by atoms with Crippen LogP contribution in [0.5, 0.6) is 0 Å². The number of urea groups is 1. The number of H-pyrrole nitrogens is 1. The van der Waals surface area contributed by atoms with Gasteiger partial charge in [-0.2, -0.15) is 0 Å². The number of nitrogens with one attached hydrogen (secondary N) is 2. The molecule has 2 fully saturated rings. The summed E-state index contributed by atoms with van der Waals surface area (Å²) in [5, 5.41) is 12.1. The summed E-state index contributed by atoms with van der Waals surface area (Å²) in [5.74, 6) is 0.0110. The number of aromatic nitrogens is 2. The fraction of sp³-hybridized carbons (Fsp3) is 0.615. The van der Waals surface area contributed by atoms with E-state index in [1.54, 1.807) is 24.3 Å². The second-order valence-electron chi connectivity index (χ2n) is 5.38. The van der Waals surface area contributed by atoms with Gasteiger partial charge in [-0.3, -0.25) is 4.90 Å². The van der Waals surface area contributed by atoms with Crippen LogP contribution in [0.25, 0.3) is 0 Å². The van der Waals surface area contributed by atoms with Crippen LogP contribution in [0.15, 0.2) is 12.5 Å². The number of nitrogens with zero attached hydrogens (tertiary/aromatic N) is 2. The normalized spacial score (nSPS) is 25.0. The fourth-order valence-corrected chi connectivity index (χ4v) is 4.17. The van der Waals surface area contributed by atoms with Crippen molar-refractivity contribution in [2.45, 2.75) is 30.7 Å². The van der Waals surface area contributed by atoms with Crippen molar-refractivity contribution in [2.75, 3.05) is 12.3 Å². The molecule has 2 amide bonds. The van der Waals surface area contributed by atoms with Gasteiger partial charge in [0.25, 0.3) is 0 Å². The van der Waals surface area contributed by atoms with Gasteiger partial charge in [0.1, 0.15) is 6.04 Å². The molecule has 2 atom stereocenters. The van der Waals surface area contributed by atoms with Gasteiger partial charge in [0.2, 0.25) is 0 Å². The van der Waals surface area contributed by atoms with E-state index in [0.717, 1.165) is 18.5 Å². The van der Waals surface area contributed by atoms with Gasteiger partial charge >= 0.3 is 12.0 Å². The molecule has 1 aromatic heterocycles. The molecule has 3 rings (SSSR count). The van der Waals surface area contributed by atoms with E-state index in [0.29, 0.717) is 24.6 Å². The minimum Gasteiger partial charge on any atom is -0.480 e. The third-order valence-electron chi connectivity index (χ3n) is 3.81. The standard InChI is InChI=1S/C13H18N4O3S/c18-12(19)10-6-21-11(8-1-2-8)17(10)13(20)15-4-3-9-5-14-7-16-9/h5,7-8,10-11H,1-4,6H2,(H,14,16)(H,15,20)(H,18,19). The molecule has 2 unspecified atom stereocenters. The molecule has 21 heavy (non-hydrogen) atoms. The molecule has 7 nitrogen and oxygen atoms in total. The summed E-state index contributed by atoms with van der Waals surface area (Å²) in [6.07, 6.45) is 6.13. The maximum absolute atomic E-state index is 12.3. The maximum Gasteiger partial charge on any atom is 0.327 e. The van der Waals surface area contributed by atoms with Gasteiger partial charge in [-0.05, 0) is 18.8 Å². The molecule has 1 aliphatic carbocycles. The molecule has 114 valence electrons. The van der Waals surface area contributed by atoms with E-state index in [4.69, 9.17) is 0 Å². The lowest BCUT2D eigenvalue weighted by Gasteiger charge is -2.27. The molecule has 0 radical (unpaired) electrons. The van der Waals surface area contributed by atoms with Crippen LogP contribution in [0.2, 0.25) is 0 Å². The molecular weight excluding hydrogens is 292 g/mol. The van der Waals surface area contributed by atoms with E-state index < -0.39 is 12.0 Å². The van der Waals surface area contributed by atoms with Crippen molar-refractivity contribution in [3.8, 4) is 0 Å². The molecule has 0 spiro atoms. The van der Waals surface area contributed by atoms with E-state index in [-0.39, 0.29) is 11.4 Å². The van der Waals surface area contributed by atoms with E-state index >= 15 is 0 Å². The van der Waals surface area contributed by atoms with Gasteiger partial charge in [-0.25, -0.2) is 14.6 Å². The first-order chi connectivity index (χ1) is 10.2. The Labute approximate surface area is 126 Å². The van der Waals surface area contributed by atoms with Crippen LogP contribution in [0.3, 0.4) is 0 Å². The second-order valence-corrected chi connectivity index (χ2v) is 6.53. The molecule has 8 heteroatoms. The van der Waals surface area contributed by atoms with Gasteiger partial charge in [0.15, 0.2) is 0 Å². The largest absolute Gasteiger partial charge is 0.480 e. The Morgan fingerprint density at radius 1 is 1.52 bits per heavy atom. The van der Waals surface area contributed by atoms with Gasteiger partial charge in [0.05, 0.1) is 11.7 Å². The van der Waals surface area contributed by atoms with Crippen LogP contribution in [-0.4, -0.2) is 55.7 Å². The Bertz CT molecular complexity index is 517. The third kappa shape index (κ3) is 3.15. The smallest absolute Gasteiger partial charge is 0.327 e. The summed E-state index contributed by atoms with van der Waals surface area (Å²) in [6, 6.07) is -0.989. The highest BCUT2D eigenvalue weighted by molar-refractivity contribution is 8.00. The van der Waals surface area contributed by atoms with Crippen LogP contribution < -0.4 is 5.32 Å². The average molecular weight is 310 g/mol. The lowest BCUT2D eigenvalue weighted by atomic mass is 10.2. The lowest BCUT2D eigenvalue weighted by Crippen LogP contribution is -2.51. The number of aliphatic carboxylic acids is 1. The van der Waals surface area contributed by atoms with Crippen molar-refractivity contribution >= 4 is 23.8 Å². The lowest BCUT2D eigenvalue weighted by molar-refractivity contribution is -0.141. The number of hydrogen-bond acceptors (Lipinski definition) is 4. The molecule has 1 saturated carbocycles. The van der Waals surface area contributed by atoms with Crippen LogP contribution in [0.1, 0.15) is 18.5 Å². The fourth-order valence-electron chi connectivity index (χ4n) is 2.54. The Balaban J connectivity index is 1.58. The quantitative estimate of drug-likeness (QED) is 0.750. The number of carbonyl (C=O) groups is 2. The van der Waals surface area contributed by atoms with E-state index in [1.165, 1.54) is 4.90 Å². The predicted molar refractivity (Wildman–Crippen MR) is 77.9 cm³/mol. The first-order valence-electron chi connectivity index (χ1n) is 7.04. The number of thioether (sulfide) groups is 1. The number of carboxylic acids is 1. The van der Waals surface area contributed by atoms with Crippen molar-refractivity contribution in [3.05, 3.63) is 18.2 Å². The molecule has 1 aliphatic heterocycles. The van der Waals surface area contributed by atoms with E-state index in [2.05, 4.69) is 15.3 Å². The molecule has 2 aliphatic rings. The molecule has 0 aromatic carbocycles. The SMILES string of the molecule is O=C(O)C1CSC(C2CC2)N1C(=O)NCCc1cnc[nH]1. The Morgan fingerprint density at radius 2 is 2.33 bits per heavy atom. The zero-order valence-corrected chi connectivity index (χ0v) is 12.3. The Morgan fingerprint density at radius 3 is 2.95 bits per heavy atom. The molecule has 1 saturated heterocycles. The Hall–Kier alpha value is -1.70. The first-order valence-corrected chi connectivity index (χ1v) is 8.09. The molecule has 0 bridgehead atoms. The molecule has 2 heterocycles. The first kappa shape index (κ1) is 14.2. The van der Waals surface area contributed by atoms with Crippen molar-refractivity contribution in [3.63, 3.8) is 0 Å².